The number of anilines is 2. The summed E-state index contributed by atoms with van der Waals surface area (Å²) in [6.45, 7) is 2.55. The van der Waals surface area contributed by atoms with Crippen molar-refractivity contribution in [2.45, 2.75) is 18.8 Å². The summed E-state index contributed by atoms with van der Waals surface area (Å²) in [5.74, 6) is 0.994. The minimum atomic E-state index is -0.407. The monoisotopic (exact) mass is 439 g/mol. The second-order valence-corrected chi connectivity index (χ2v) is 8.78. The van der Waals surface area contributed by atoms with E-state index in [0.717, 1.165) is 24.5 Å². The minimum Gasteiger partial charge on any atom is -0.475 e. The van der Waals surface area contributed by atoms with Gasteiger partial charge in [0.25, 0.3) is 5.88 Å². The predicted octanol–water partition coefficient (Wildman–Crippen LogP) is 4.89. The largest absolute Gasteiger partial charge is 0.475 e. The number of halogens is 2. The van der Waals surface area contributed by atoms with Crippen LogP contribution in [0.4, 0.5) is 15.8 Å². The van der Waals surface area contributed by atoms with Crippen LogP contribution in [0.25, 0.3) is 11.3 Å². The van der Waals surface area contributed by atoms with E-state index in [2.05, 4.69) is 32.4 Å². The molecule has 2 aliphatic rings. The topological polar surface area (TPSA) is 63.2 Å². The first-order valence-corrected chi connectivity index (χ1v) is 10.8. The van der Waals surface area contributed by atoms with Gasteiger partial charge in [-0.1, -0.05) is 11.6 Å². The van der Waals surface area contributed by atoms with E-state index in [1.807, 2.05) is 12.1 Å². The van der Waals surface area contributed by atoms with Crippen LogP contribution in [0.1, 0.15) is 24.5 Å². The summed E-state index contributed by atoms with van der Waals surface area (Å²) < 4.78 is 20.4. The third-order valence-corrected chi connectivity index (χ3v) is 5.85. The van der Waals surface area contributed by atoms with Crippen molar-refractivity contribution >= 4 is 23.0 Å². The zero-order valence-corrected chi connectivity index (χ0v) is 17.9. The van der Waals surface area contributed by atoms with Gasteiger partial charge in [-0.2, -0.15) is 0 Å². The lowest BCUT2D eigenvalue weighted by Gasteiger charge is -2.35. The van der Waals surface area contributed by atoms with Crippen LogP contribution < -0.4 is 10.1 Å². The summed E-state index contributed by atoms with van der Waals surface area (Å²) in [5, 5.41) is 12.3. The highest BCUT2D eigenvalue weighted by Gasteiger charge is 2.26. The Kier molecular flexibility index (Phi) is 5.46. The lowest BCUT2D eigenvalue weighted by Crippen LogP contribution is -2.46. The van der Waals surface area contributed by atoms with Gasteiger partial charge in [0.1, 0.15) is 11.5 Å². The highest BCUT2D eigenvalue weighted by Crippen LogP contribution is 2.40. The number of benzene rings is 1. The van der Waals surface area contributed by atoms with E-state index in [-0.39, 0.29) is 0 Å². The molecule has 3 heterocycles. The van der Waals surface area contributed by atoms with Crippen LogP contribution in [-0.4, -0.2) is 46.8 Å². The number of ether oxygens (including phenoxy) is 1. The molecule has 2 aromatic heterocycles. The molecule has 1 aromatic carbocycles. The first-order valence-electron chi connectivity index (χ1n) is 10.4. The van der Waals surface area contributed by atoms with Gasteiger partial charge in [0.2, 0.25) is 0 Å². The Hall–Kier alpha value is -2.77. The number of nitrogens with one attached hydrogen (secondary N) is 1. The first-order chi connectivity index (χ1) is 15.0. The third-order valence-electron chi connectivity index (χ3n) is 5.62. The standard InChI is InChI=1S/C23H23ClFN5O/c1-30-11-14(12-30)13-31-23-22(27-17-6-7-26-20(9-17)15-2-3-15)10-21(28-29-23)18-8-16(24)4-5-19(18)25/h4-10,14-15H,2-3,11-13H2,1H3,(H,26,27,28). The fourth-order valence-electron chi connectivity index (χ4n) is 3.82. The van der Waals surface area contributed by atoms with Gasteiger partial charge in [0.05, 0.1) is 12.3 Å². The lowest BCUT2D eigenvalue weighted by molar-refractivity contribution is 0.0838. The molecule has 2 fully saturated rings. The van der Waals surface area contributed by atoms with Gasteiger partial charge in [-0.15, -0.1) is 10.2 Å². The second-order valence-electron chi connectivity index (χ2n) is 8.34. The molecular weight excluding hydrogens is 417 g/mol. The van der Waals surface area contributed by atoms with Crippen molar-refractivity contribution in [3.8, 4) is 17.1 Å². The second kappa shape index (κ2) is 8.40. The molecule has 160 valence electrons. The molecule has 8 heteroatoms. The van der Waals surface area contributed by atoms with Crippen molar-refractivity contribution in [1.82, 2.24) is 20.1 Å². The normalized spacial score (nSPS) is 16.7. The fraction of sp³-hybridized carbons (Fsp3) is 0.348. The van der Waals surface area contributed by atoms with E-state index in [4.69, 9.17) is 16.3 Å². The maximum absolute atomic E-state index is 14.4. The van der Waals surface area contributed by atoms with Crippen LogP contribution in [0.3, 0.4) is 0 Å². The van der Waals surface area contributed by atoms with Crippen LogP contribution in [-0.2, 0) is 0 Å². The predicted molar refractivity (Wildman–Crippen MR) is 118 cm³/mol. The van der Waals surface area contributed by atoms with E-state index >= 15 is 0 Å². The van der Waals surface area contributed by atoms with Crippen LogP contribution >= 0.6 is 11.6 Å². The molecular formula is C23H23ClFN5O. The smallest absolute Gasteiger partial charge is 0.257 e. The molecule has 1 N–H and O–H groups in total. The molecule has 1 aliphatic heterocycles. The molecule has 6 nitrogen and oxygen atoms in total. The Labute approximate surface area is 185 Å². The number of hydrogen-bond donors (Lipinski definition) is 1. The number of hydrogen-bond acceptors (Lipinski definition) is 6. The number of rotatable bonds is 7. The summed E-state index contributed by atoms with van der Waals surface area (Å²) in [5.41, 5.74) is 3.27. The minimum absolute atomic E-state index is 0.295. The van der Waals surface area contributed by atoms with Crippen molar-refractivity contribution in [2.75, 3.05) is 32.1 Å². The Balaban J connectivity index is 1.45. The van der Waals surface area contributed by atoms with Gasteiger partial charge < -0.3 is 15.0 Å². The van der Waals surface area contributed by atoms with Crippen molar-refractivity contribution in [2.24, 2.45) is 5.92 Å². The number of aromatic nitrogens is 3. The summed E-state index contributed by atoms with van der Waals surface area (Å²) in [6, 6.07) is 10.1. The number of pyridine rings is 1. The van der Waals surface area contributed by atoms with Crippen molar-refractivity contribution in [3.63, 3.8) is 0 Å². The van der Waals surface area contributed by atoms with Crippen LogP contribution in [0.2, 0.25) is 5.02 Å². The number of likely N-dealkylation sites (tertiary alicyclic amines) is 1. The highest BCUT2D eigenvalue weighted by molar-refractivity contribution is 6.30. The van der Waals surface area contributed by atoms with Crippen molar-refractivity contribution in [3.05, 3.63) is 59.1 Å². The molecule has 0 radical (unpaired) electrons. The van der Waals surface area contributed by atoms with Gasteiger partial charge in [0, 0.05) is 53.1 Å². The maximum atomic E-state index is 14.4. The zero-order valence-electron chi connectivity index (χ0n) is 17.2. The van der Waals surface area contributed by atoms with E-state index in [1.165, 1.54) is 25.0 Å². The van der Waals surface area contributed by atoms with Gasteiger partial charge >= 0.3 is 0 Å². The van der Waals surface area contributed by atoms with Crippen molar-refractivity contribution in [1.29, 1.82) is 0 Å². The maximum Gasteiger partial charge on any atom is 0.257 e. The number of nitrogens with zero attached hydrogens (tertiary/aromatic N) is 4. The highest BCUT2D eigenvalue weighted by atomic mass is 35.5. The molecule has 0 bridgehead atoms. The SMILES string of the molecule is CN1CC(COc2nnc(-c3cc(Cl)ccc3F)cc2Nc2ccnc(C3CC3)c2)C1. The zero-order chi connectivity index (χ0) is 21.4. The molecule has 5 rings (SSSR count). The van der Waals surface area contributed by atoms with E-state index in [0.29, 0.717) is 46.3 Å². The Morgan fingerprint density at radius 1 is 1.16 bits per heavy atom. The molecule has 0 unspecified atom stereocenters. The van der Waals surface area contributed by atoms with Gasteiger partial charge in [0.15, 0.2) is 0 Å². The first kappa shape index (κ1) is 20.2. The van der Waals surface area contributed by atoms with Crippen molar-refractivity contribution < 1.29 is 9.13 Å². The van der Waals surface area contributed by atoms with Gasteiger partial charge in [-0.05, 0) is 56.3 Å². The molecule has 1 aliphatic carbocycles. The average Bonchev–Trinajstić information content (AvgIpc) is 3.58. The molecule has 0 spiro atoms. The van der Waals surface area contributed by atoms with Crippen LogP contribution in [0.15, 0.2) is 42.6 Å². The van der Waals surface area contributed by atoms with Crippen LogP contribution in [0, 0.1) is 11.7 Å². The lowest BCUT2D eigenvalue weighted by atomic mass is 10.0. The molecule has 0 amide bonds. The average molecular weight is 440 g/mol. The molecule has 1 saturated carbocycles. The molecule has 0 atom stereocenters. The summed E-state index contributed by atoms with van der Waals surface area (Å²) in [6.07, 6.45) is 4.15. The Morgan fingerprint density at radius 3 is 2.77 bits per heavy atom. The molecule has 3 aromatic rings. The van der Waals surface area contributed by atoms with Gasteiger partial charge in [-0.3, -0.25) is 4.98 Å². The summed E-state index contributed by atoms with van der Waals surface area (Å²) >= 11 is 6.07. The van der Waals surface area contributed by atoms with E-state index in [1.54, 1.807) is 18.3 Å². The molecule has 31 heavy (non-hydrogen) atoms. The Morgan fingerprint density at radius 2 is 2.00 bits per heavy atom. The summed E-state index contributed by atoms with van der Waals surface area (Å²) in [4.78, 5) is 6.71. The molecule has 1 saturated heterocycles. The fourth-order valence-corrected chi connectivity index (χ4v) is 3.99. The van der Waals surface area contributed by atoms with Gasteiger partial charge in [-0.25, -0.2) is 4.39 Å². The van der Waals surface area contributed by atoms with E-state index in [9.17, 15) is 4.39 Å². The quantitative estimate of drug-likeness (QED) is 0.565. The third kappa shape index (κ3) is 4.62. The van der Waals surface area contributed by atoms with Crippen LogP contribution in [0.5, 0.6) is 5.88 Å². The summed E-state index contributed by atoms with van der Waals surface area (Å²) in [7, 11) is 2.08. The van der Waals surface area contributed by atoms with E-state index < -0.39 is 5.82 Å². The Bertz CT molecular complexity index is 1100.